The van der Waals surface area contributed by atoms with Gasteiger partial charge in [0.1, 0.15) is 0 Å². The van der Waals surface area contributed by atoms with Gasteiger partial charge in [-0.3, -0.25) is 4.90 Å². The van der Waals surface area contributed by atoms with Crippen molar-refractivity contribution in [2.24, 2.45) is 0 Å². The van der Waals surface area contributed by atoms with Crippen LogP contribution in [0.15, 0.2) is 18.2 Å². The number of amides is 2. The van der Waals surface area contributed by atoms with Gasteiger partial charge < -0.3 is 24.8 Å². The smallest absolute Gasteiger partial charge is 0.314 e. The van der Waals surface area contributed by atoms with Crippen molar-refractivity contribution in [1.82, 2.24) is 15.5 Å². The summed E-state index contributed by atoms with van der Waals surface area (Å²) in [5.41, 5.74) is 1.02. The molecular weight excluding hydrogens is 322 g/mol. The molecule has 2 aliphatic heterocycles. The molecule has 2 N–H and O–H groups in total. The Morgan fingerprint density at radius 2 is 1.92 bits per heavy atom. The Kier molecular flexibility index (Phi) is 5.65. The van der Waals surface area contributed by atoms with Gasteiger partial charge in [-0.2, -0.15) is 0 Å². The van der Waals surface area contributed by atoms with Gasteiger partial charge in [0.15, 0.2) is 11.5 Å². The third-order valence-electron chi connectivity index (χ3n) is 4.68. The summed E-state index contributed by atoms with van der Waals surface area (Å²) in [6.07, 6.45) is 0.747. The first-order valence-corrected chi connectivity index (χ1v) is 8.78. The molecule has 2 aliphatic rings. The average Bonchev–Trinajstić information content (AvgIpc) is 3.09. The number of hydrogen-bond acceptors (Lipinski definition) is 5. The second kappa shape index (κ2) is 7.93. The van der Waals surface area contributed by atoms with Crippen LogP contribution in [-0.4, -0.2) is 62.7 Å². The highest BCUT2D eigenvalue weighted by atomic mass is 16.7. The van der Waals surface area contributed by atoms with Crippen LogP contribution in [0.1, 0.15) is 19.4 Å². The average molecular weight is 349 g/mol. The SMILES string of the molecule is CC(C)(CNC(=O)NCCc1ccc2c(c1)OCO2)N1CCOCC1. The van der Waals surface area contributed by atoms with E-state index in [9.17, 15) is 4.79 Å². The fraction of sp³-hybridized carbons (Fsp3) is 0.611. The zero-order chi connectivity index (χ0) is 17.7. The van der Waals surface area contributed by atoms with Crippen LogP contribution in [0.2, 0.25) is 0 Å². The molecule has 3 rings (SSSR count). The first kappa shape index (κ1) is 17.8. The number of nitrogens with zero attached hydrogens (tertiary/aromatic N) is 1. The highest BCUT2D eigenvalue weighted by molar-refractivity contribution is 5.73. The normalized spacial score (nSPS) is 17.4. The highest BCUT2D eigenvalue weighted by Gasteiger charge is 2.28. The molecule has 2 amide bonds. The second-order valence-corrected chi connectivity index (χ2v) is 6.96. The fourth-order valence-electron chi connectivity index (χ4n) is 3.06. The van der Waals surface area contributed by atoms with Crippen LogP contribution in [0.3, 0.4) is 0 Å². The van der Waals surface area contributed by atoms with Crippen molar-refractivity contribution in [2.75, 3.05) is 46.2 Å². The summed E-state index contributed by atoms with van der Waals surface area (Å²) >= 11 is 0. The fourth-order valence-corrected chi connectivity index (χ4v) is 3.06. The van der Waals surface area contributed by atoms with E-state index >= 15 is 0 Å². The topological polar surface area (TPSA) is 72.1 Å². The third-order valence-corrected chi connectivity index (χ3v) is 4.68. The van der Waals surface area contributed by atoms with Crippen molar-refractivity contribution in [3.05, 3.63) is 23.8 Å². The number of carbonyl (C=O) groups excluding carboxylic acids is 1. The second-order valence-electron chi connectivity index (χ2n) is 6.96. The van der Waals surface area contributed by atoms with E-state index in [0.29, 0.717) is 13.1 Å². The molecule has 0 spiro atoms. The van der Waals surface area contributed by atoms with Crippen LogP contribution < -0.4 is 20.1 Å². The Bertz CT molecular complexity index is 600. The highest BCUT2D eigenvalue weighted by Crippen LogP contribution is 2.32. The number of urea groups is 1. The van der Waals surface area contributed by atoms with Gasteiger partial charge in [0.2, 0.25) is 6.79 Å². The van der Waals surface area contributed by atoms with E-state index in [4.69, 9.17) is 14.2 Å². The molecule has 7 heteroatoms. The quantitative estimate of drug-likeness (QED) is 0.812. The standard InChI is InChI=1S/C18H27N3O4/c1-18(2,21-7-9-23-10-8-21)12-20-17(22)19-6-5-14-3-4-15-16(11-14)25-13-24-15/h3-4,11H,5-10,12-13H2,1-2H3,(H2,19,20,22). The van der Waals surface area contributed by atoms with Gasteiger partial charge >= 0.3 is 6.03 Å². The molecule has 0 atom stereocenters. The van der Waals surface area contributed by atoms with Gasteiger partial charge in [-0.25, -0.2) is 4.79 Å². The summed E-state index contributed by atoms with van der Waals surface area (Å²) in [4.78, 5) is 14.4. The Hall–Kier alpha value is -1.99. The van der Waals surface area contributed by atoms with Crippen molar-refractivity contribution in [1.29, 1.82) is 0 Å². The molecular formula is C18H27N3O4. The van der Waals surface area contributed by atoms with Crippen LogP contribution in [0, 0.1) is 0 Å². The molecule has 1 saturated heterocycles. The summed E-state index contributed by atoms with van der Waals surface area (Å²) in [7, 11) is 0. The van der Waals surface area contributed by atoms with Crippen molar-refractivity contribution in [3.8, 4) is 11.5 Å². The van der Waals surface area contributed by atoms with Gasteiger partial charge in [0, 0.05) is 31.7 Å². The van der Waals surface area contributed by atoms with Gasteiger partial charge in [-0.05, 0) is 38.0 Å². The molecule has 0 bridgehead atoms. The van der Waals surface area contributed by atoms with E-state index < -0.39 is 0 Å². The van der Waals surface area contributed by atoms with E-state index in [-0.39, 0.29) is 18.4 Å². The summed E-state index contributed by atoms with van der Waals surface area (Å²) in [6.45, 7) is 9.05. The van der Waals surface area contributed by atoms with Crippen molar-refractivity contribution in [2.45, 2.75) is 25.8 Å². The first-order chi connectivity index (χ1) is 12.0. The van der Waals surface area contributed by atoms with Gasteiger partial charge in [0.25, 0.3) is 0 Å². The van der Waals surface area contributed by atoms with Crippen molar-refractivity contribution in [3.63, 3.8) is 0 Å². The van der Waals surface area contributed by atoms with Crippen LogP contribution in [0.4, 0.5) is 4.79 Å². The minimum absolute atomic E-state index is 0.0849. The Labute approximate surface area is 148 Å². The number of morpholine rings is 1. The van der Waals surface area contributed by atoms with E-state index in [0.717, 1.165) is 49.8 Å². The van der Waals surface area contributed by atoms with E-state index in [1.54, 1.807) is 0 Å². The lowest BCUT2D eigenvalue weighted by Crippen LogP contribution is -2.56. The maximum atomic E-state index is 12.0. The zero-order valence-corrected chi connectivity index (χ0v) is 15.0. The largest absolute Gasteiger partial charge is 0.454 e. The number of fused-ring (bicyclic) bond motifs is 1. The number of ether oxygens (including phenoxy) is 3. The molecule has 0 radical (unpaired) electrons. The van der Waals surface area contributed by atoms with E-state index in [2.05, 4.69) is 29.4 Å². The number of benzene rings is 1. The molecule has 2 heterocycles. The zero-order valence-electron chi connectivity index (χ0n) is 15.0. The van der Waals surface area contributed by atoms with Gasteiger partial charge in [0.05, 0.1) is 13.2 Å². The number of rotatable bonds is 6. The van der Waals surface area contributed by atoms with Crippen LogP contribution >= 0.6 is 0 Å². The van der Waals surface area contributed by atoms with Crippen LogP contribution in [0.5, 0.6) is 11.5 Å². The predicted molar refractivity (Wildman–Crippen MR) is 94.1 cm³/mol. The van der Waals surface area contributed by atoms with E-state index in [1.165, 1.54) is 0 Å². The molecule has 1 aromatic carbocycles. The summed E-state index contributed by atoms with van der Waals surface area (Å²) < 4.78 is 16.0. The van der Waals surface area contributed by atoms with Gasteiger partial charge in [-0.1, -0.05) is 6.07 Å². The number of hydrogen-bond donors (Lipinski definition) is 2. The molecule has 0 unspecified atom stereocenters. The molecule has 7 nitrogen and oxygen atoms in total. The molecule has 0 aliphatic carbocycles. The minimum atomic E-state index is -0.137. The predicted octanol–water partition coefficient (Wildman–Crippen LogP) is 1.37. The lowest BCUT2D eigenvalue weighted by Gasteiger charge is -2.40. The Morgan fingerprint density at radius 1 is 1.16 bits per heavy atom. The Balaban J connectivity index is 1.38. The first-order valence-electron chi connectivity index (χ1n) is 8.78. The summed E-state index contributed by atoms with van der Waals surface area (Å²) in [5, 5.41) is 5.88. The van der Waals surface area contributed by atoms with Crippen molar-refractivity contribution >= 4 is 6.03 Å². The summed E-state index contributed by atoms with van der Waals surface area (Å²) in [6, 6.07) is 5.72. The molecule has 1 fully saturated rings. The molecule has 0 saturated carbocycles. The number of nitrogens with one attached hydrogen (secondary N) is 2. The summed E-state index contributed by atoms with van der Waals surface area (Å²) in [5.74, 6) is 1.55. The molecule has 1 aromatic rings. The number of carbonyl (C=O) groups is 1. The van der Waals surface area contributed by atoms with Crippen LogP contribution in [-0.2, 0) is 11.2 Å². The molecule has 138 valence electrons. The lowest BCUT2D eigenvalue weighted by molar-refractivity contribution is -0.00874. The third kappa shape index (κ3) is 4.76. The maximum Gasteiger partial charge on any atom is 0.314 e. The van der Waals surface area contributed by atoms with Gasteiger partial charge in [-0.15, -0.1) is 0 Å². The van der Waals surface area contributed by atoms with E-state index in [1.807, 2.05) is 18.2 Å². The minimum Gasteiger partial charge on any atom is -0.454 e. The molecule has 0 aromatic heterocycles. The molecule has 25 heavy (non-hydrogen) atoms. The van der Waals surface area contributed by atoms with Crippen molar-refractivity contribution < 1.29 is 19.0 Å². The van der Waals surface area contributed by atoms with Crippen LogP contribution in [0.25, 0.3) is 0 Å². The lowest BCUT2D eigenvalue weighted by atomic mass is 10.0. The monoisotopic (exact) mass is 349 g/mol. The maximum absolute atomic E-state index is 12.0. The Morgan fingerprint density at radius 3 is 2.72 bits per heavy atom.